The molecule has 0 aliphatic carbocycles. The first-order valence-electron chi connectivity index (χ1n) is 11.5. The maximum Gasteiger partial charge on any atom is 0.300 e. The SMILES string of the molecule is Cc1cc(Nc2ncnc3ccc(NC(=O)C#CCCOPI)cc23)ccc1Oc1ccn2ncnc2c1. The molecule has 12 heteroatoms. The summed E-state index contributed by atoms with van der Waals surface area (Å²) in [6.07, 6.45) is 5.30. The van der Waals surface area contributed by atoms with Crippen molar-refractivity contribution < 1.29 is 14.1 Å². The molecular formula is C26H21IN7O3P. The highest BCUT2D eigenvalue weighted by molar-refractivity contribution is 14.2. The predicted molar refractivity (Wildman–Crippen MR) is 156 cm³/mol. The normalized spacial score (nSPS) is 11.0. The third-order valence-electron chi connectivity index (χ3n) is 5.40. The summed E-state index contributed by atoms with van der Waals surface area (Å²) in [7, 11) is 0. The molecule has 0 radical (unpaired) electrons. The number of halogens is 1. The minimum atomic E-state index is -0.387. The number of benzene rings is 2. The molecule has 3 heterocycles. The van der Waals surface area contributed by atoms with Gasteiger partial charge < -0.3 is 19.9 Å². The Balaban J connectivity index is 1.31. The lowest BCUT2D eigenvalue weighted by atomic mass is 10.1. The van der Waals surface area contributed by atoms with Gasteiger partial charge in [0.1, 0.15) is 30.0 Å². The van der Waals surface area contributed by atoms with Gasteiger partial charge in [0.2, 0.25) is 0 Å². The van der Waals surface area contributed by atoms with E-state index in [1.54, 1.807) is 16.8 Å². The monoisotopic (exact) mass is 637 g/mol. The van der Waals surface area contributed by atoms with Gasteiger partial charge >= 0.3 is 0 Å². The average Bonchev–Trinajstić information content (AvgIpc) is 3.38. The Morgan fingerprint density at radius 2 is 1.97 bits per heavy atom. The van der Waals surface area contributed by atoms with E-state index in [0.29, 0.717) is 42.4 Å². The molecule has 0 saturated heterocycles. The van der Waals surface area contributed by atoms with E-state index < -0.39 is 0 Å². The van der Waals surface area contributed by atoms with Crippen molar-refractivity contribution in [1.29, 1.82) is 0 Å². The Morgan fingerprint density at radius 1 is 1.08 bits per heavy atom. The molecule has 0 aliphatic rings. The van der Waals surface area contributed by atoms with Crippen LogP contribution >= 0.6 is 28.5 Å². The molecule has 2 N–H and O–H groups in total. The van der Waals surface area contributed by atoms with E-state index in [9.17, 15) is 4.79 Å². The van der Waals surface area contributed by atoms with Crippen molar-refractivity contribution in [1.82, 2.24) is 24.6 Å². The maximum absolute atomic E-state index is 12.2. The standard InChI is InChI=1S/C26H21IN7O3P/c1-17-12-18(6-8-23(17)37-20-9-10-34-24(14-20)29-16-31-34)33-26-21-13-19(5-7-22(21)28-15-30-26)32-25(35)4-2-3-11-36-38-27/h5-10,12-16,38H,3,11H2,1H3,(H,32,35)(H,28,30,33). The fourth-order valence-corrected chi connectivity index (χ4v) is 4.49. The maximum atomic E-state index is 12.2. The number of pyridine rings is 1. The minimum absolute atomic E-state index is 0.383. The first kappa shape index (κ1) is 25.8. The Kier molecular flexibility index (Phi) is 8.23. The Hall–Kier alpha value is -3.85. The van der Waals surface area contributed by atoms with Gasteiger partial charge in [-0.1, -0.05) is 5.92 Å². The zero-order chi connectivity index (χ0) is 26.3. The summed E-state index contributed by atoms with van der Waals surface area (Å²) < 4.78 is 13.0. The van der Waals surface area contributed by atoms with Gasteiger partial charge in [0.05, 0.1) is 18.6 Å². The lowest BCUT2D eigenvalue weighted by Gasteiger charge is -2.13. The molecule has 5 aromatic rings. The Bertz CT molecular complexity index is 1680. The minimum Gasteiger partial charge on any atom is -0.457 e. The zero-order valence-corrected chi connectivity index (χ0v) is 23.3. The number of nitrogens with zero attached hydrogens (tertiary/aromatic N) is 5. The second kappa shape index (κ2) is 12.1. The fraction of sp³-hybridized carbons (Fsp3) is 0.115. The van der Waals surface area contributed by atoms with Gasteiger partial charge in [-0.15, -0.1) is 0 Å². The molecule has 190 valence electrons. The summed E-state index contributed by atoms with van der Waals surface area (Å²) in [5, 5.41) is 11.0. The van der Waals surface area contributed by atoms with Crippen LogP contribution in [0.3, 0.4) is 0 Å². The van der Waals surface area contributed by atoms with E-state index in [1.807, 2.05) is 49.4 Å². The van der Waals surface area contributed by atoms with Crippen molar-refractivity contribution in [3.63, 3.8) is 0 Å². The average molecular weight is 637 g/mol. The van der Waals surface area contributed by atoms with Crippen LogP contribution in [-0.4, -0.2) is 37.1 Å². The van der Waals surface area contributed by atoms with Crippen LogP contribution in [0.4, 0.5) is 17.2 Å². The molecule has 1 amide bonds. The number of amides is 1. The van der Waals surface area contributed by atoms with Crippen molar-refractivity contribution in [2.24, 2.45) is 0 Å². The van der Waals surface area contributed by atoms with E-state index in [1.165, 1.54) is 12.7 Å². The summed E-state index contributed by atoms with van der Waals surface area (Å²) in [6, 6.07) is 14.9. The van der Waals surface area contributed by atoms with E-state index in [-0.39, 0.29) is 5.91 Å². The first-order valence-corrected chi connectivity index (χ1v) is 15.5. The van der Waals surface area contributed by atoms with Gasteiger partial charge in [-0.05, 0) is 82.9 Å². The van der Waals surface area contributed by atoms with Gasteiger partial charge in [-0.25, -0.2) is 19.5 Å². The molecule has 38 heavy (non-hydrogen) atoms. The highest BCUT2D eigenvalue weighted by Gasteiger charge is 2.09. The number of carbonyl (C=O) groups excluding carboxylic acids is 1. The van der Waals surface area contributed by atoms with Crippen LogP contribution in [0.15, 0.2) is 67.4 Å². The molecule has 1 unspecified atom stereocenters. The molecule has 5 rings (SSSR count). The predicted octanol–water partition coefficient (Wildman–Crippen LogP) is 5.81. The largest absolute Gasteiger partial charge is 0.457 e. The molecule has 2 aromatic carbocycles. The number of carbonyl (C=O) groups is 1. The number of ether oxygens (including phenoxy) is 1. The first-order chi connectivity index (χ1) is 18.6. The molecular weight excluding hydrogens is 616 g/mol. The van der Waals surface area contributed by atoms with Crippen LogP contribution in [0.5, 0.6) is 11.5 Å². The van der Waals surface area contributed by atoms with Crippen molar-refractivity contribution in [2.45, 2.75) is 13.3 Å². The quantitative estimate of drug-likeness (QED) is 0.0949. The van der Waals surface area contributed by atoms with Crippen LogP contribution in [0.2, 0.25) is 0 Å². The van der Waals surface area contributed by atoms with Gasteiger partial charge in [-0.2, -0.15) is 5.10 Å². The summed E-state index contributed by atoms with van der Waals surface area (Å²) in [5.41, 5.74) is 3.81. The highest BCUT2D eigenvalue weighted by Crippen LogP contribution is 2.30. The van der Waals surface area contributed by atoms with Gasteiger partial charge in [0.25, 0.3) is 5.91 Å². The number of fused-ring (bicyclic) bond motifs is 2. The molecule has 0 aliphatic heterocycles. The van der Waals surface area contributed by atoms with Crippen LogP contribution in [0.1, 0.15) is 12.0 Å². The number of anilines is 3. The molecule has 0 bridgehead atoms. The van der Waals surface area contributed by atoms with Crippen molar-refractivity contribution in [3.05, 3.63) is 72.9 Å². The number of aromatic nitrogens is 5. The summed E-state index contributed by atoms with van der Waals surface area (Å²) in [6.45, 7) is 2.86. The fourth-order valence-electron chi connectivity index (χ4n) is 3.65. The summed E-state index contributed by atoms with van der Waals surface area (Å²) >= 11 is 2.15. The van der Waals surface area contributed by atoms with Crippen LogP contribution < -0.4 is 15.4 Å². The molecule has 3 aromatic heterocycles. The lowest BCUT2D eigenvalue weighted by Crippen LogP contribution is -2.08. The van der Waals surface area contributed by atoms with Crippen molar-refractivity contribution in [2.75, 3.05) is 17.2 Å². The highest BCUT2D eigenvalue weighted by atomic mass is 127. The number of nitrogens with one attached hydrogen (secondary N) is 2. The van der Waals surface area contributed by atoms with E-state index >= 15 is 0 Å². The molecule has 0 saturated carbocycles. The topological polar surface area (TPSA) is 116 Å². The van der Waals surface area contributed by atoms with Crippen molar-refractivity contribution >= 4 is 68.1 Å². The second-order valence-corrected chi connectivity index (χ2v) is 9.78. The van der Waals surface area contributed by atoms with E-state index in [2.05, 4.69) is 64.6 Å². The molecule has 1 atom stereocenters. The van der Waals surface area contributed by atoms with Crippen LogP contribution in [-0.2, 0) is 9.32 Å². The molecule has 0 fully saturated rings. The van der Waals surface area contributed by atoms with E-state index in [0.717, 1.165) is 27.9 Å². The molecule has 10 nitrogen and oxygen atoms in total. The lowest BCUT2D eigenvalue weighted by molar-refractivity contribution is -0.111. The third kappa shape index (κ3) is 6.34. The molecule has 0 spiro atoms. The number of hydrogen-bond donors (Lipinski definition) is 2. The van der Waals surface area contributed by atoms with Crippen molar-refractivity contribution in [3.8, 4) is 23.3 Å². The Morgan fingerprint density at radius 3 is 2.84 bits per heavy atom. The Labute approximate surface area is 232 Å². The number of aryl methyl sites for hydroxylation is 1. The zero-order valence-electron chi connectivity index (χ0n) is 20.1. The summed E-state index contributed by atoms with van der Waals surface area (Å²) in [5.74, 6) is 7.01. The van der Waals surface area contributed by atoms with Gasteiger partial charge in [0, 0.05) is 35.4 Å². The van der Waals surface area contributed by atoms with E-state index in [4.69, 9.17) is 9.26 Å². The summed E-state index contributed by atoms with van der Waals surface area (Å²) in [4.78, 5) is 25.2. The smallest absolute Gasteiger partial charge is 0.300 e. The number of rotatable bonds is 8. The van der Waals surface area contributed by atoms with Crippen LogP contribution in [0.25, 0.3) is 16.6 Å². The second-order valence-electron chi connectivity index (χ2n) is 8.02. The van der Waals surface area contributed by atoms with Crippen LogP contribution in [0, 0.1) is 18.8 Å². The van der Waals surface area contributed by atoms with Gasteiger partial charge in [-0.3, -0.25) is 4.79 Å². The van der Waals surface area contributed by atoms with Gasteiger partial charge in [0.15, 0.2) is 5.65 Å². The number of hydrogen-bond acceptors (Lipinski definition) is 8. The third-order valence-corrected chi connectivity index (χ3v) is 6.64.